The molecule has 3 aromatic rings. The third-order valence-electron chi connectivity index (χ3n) is 6.92. The summed E-state index contributed by atoms with van der Waals surface area (Å²) < 4.78 is 7.32. The number of amides is 1. The van der Waals surface area contributed by atoms with Crippen LogP contribution < -0.4 is 0 Å². The number of carbonyl (C=O) groups is 2. The second-order valence-electron chi connectivity index (χ2n) is 9.12. The van der Waals surface area contributed by atoms with Crippen LogP contribution >= 0.6 is 0 Å². The van der Waals surface area contributed by atoms with E-state index in [1.165, 1.54) is 5.56 Å². The molecule has 1 saturated heterocycles. The maximum atomic E-state index is 13.4. The lowest BCUT2D eigenvalue weighted by Crippen LogP contribution is -2.40. The molecular formula is C29H34N2O3. The molecule has 0 N–H and O–H groups in total. The van der Waals surface area contributed by atoms with Gasteiger partial charge in [-0.25, -0.2) is 4.79 Å². The van der Waals surface area contributed by atoms with Crippen LogP contribution in [0.4, 0.5) is 0 Å². The number of aromatic nitrogens is 1. The largest absolute Gasteiger partial charge is 0.462 e. The fourth-order valence-electron chi connectivity index (χ4n) is 5.13. The van der Waals surface area contributed by atoms with Gasteiger partial charge in [0.15, 0.2) is 0 Å². The first kappa shape index (κ1) is 23.8. The van der Waals surface area contributed by atoms with Crippen molar-refractivity contribution in [3.8, 4) is 11.3 Å². The maximum absolute atomic E-state index is 13.4. The summed E-state index contributed by atoms with van der Waals surface area (Å²) in [6.45, 7) is 7.76. The van der Waals surface area contributed by atoms with Gasteiger partial charge in [-0.2, -0.15) is 0 Å². The summed E-state index contributed by atoms with van der Waals surface area (Å²) in [5, 5.41) is 0. The van der Waals surface area contributed by atoms with E-state index in [1.54, 1.807) is 0 Å². The van der Waals surface area contributed by atoms with Crippen LogP contribution in [0, 0.1) is 19.8 Å². The molecule has 1 aromatic heterocycles. The minimum Gasteiger partial charge on any atom is -0.462 e. The molecule has 2 aromatic carbocycles. The van der Waals surface area contributed by atoms with Crippen molar-refractivity contribution >= 4 is 11.9 Å². The number of ether oxygens (including phenoxy) is 1. The number of likely N-dealkylation sites (tertiary alicyclic amines) is 1. The summed E-state index contributed by atoms with van der Waals surface area (Å²) in [5.41, 5.74) is 5.47. The predicted molar refractivity (Wildman–Crippen MR) is 135 cm³/mol. The molecule has 1 fully saturated rings. The van der Waals surface area contributed by atoms with E-state index in [4.69, 9.17) is 4.74 Å². The van der Waals surface area contributed by atoms with Crippen LogP contribution in [0.3, 0.4) is 0 Å². The summed E-state index contributed by atoms with van der Waals surface area (Å²) in [6.07, 6.45) is 3.10. The molecule has 4 rings (SSSR count). The summed E-state index contributed by atoms with van der Waals surface area (Å²) >= 11 is 0. The van der Waals surface area contributed by atoms with Crippen molar-refractivity contribution in [1.82, 2.24) is 9.47 Å². The highest BCUT2D eigenvalue weighted by molar-refractivity contribution is 5.95. The summed E-state index contributed by atoms with van der Waals surface area (Å²) in [6, 6.07) is 20.5. The van der Waals surface area contributed by atoms with E-state index < -0.39 is 0 Å². The molecule has 0 unspecified atom stereocenters. The van der Waals surface area contributed by atoms with E-state index in [9.17, 15) is 9.59 Å². The highest BCUT2D eigenvalue weighted by Crippen LogP contribution is 2.32. The van der Waals surface area contributed by atoms with Crippen molar-refractivity contribution < 1.29 is 14.3 Å². The standard InChI is InChI=1S/C29H34N2O3/c1-4-34-29(33)27-21(2)28(25-13-9-6-10-14-25)31(22(27)3)20-26(32)30-17-15-24(16-18-30)19-23-11-7-5-8-12-23/h5-14,24H,4,15-20H2,1-3H3. The number of rotatable bonds is 7. The molecular weight excluding hydrogens is 424 g/mol. The van der Waals surface area contributed by atoms with Crippen molar-refractivity contribution in [3.63, 3.8) is 0 Å². The van der Waals surface area contributed by atoms with Crippen molar-refractivity contribution in [1.29, 1.82) is 0 Å². The van der Waals surface area contributed by atoms with Crippen molar-refractivity contribution in [2.75, 3.05) is 19.7 Å². The van der Waals surface area contributed by atoms with Gasteiger partial charge in [0.25, 0.3) is 0 Å². The van der Waals surface area contributed by atoms with E-state index in [1.807, 2.05) is 66.6 Å². The van der Waals surface area contributed by atoms with Crippen molar-refractivity contribution in [2.24, 2.45) is 5.92 Å². The second-order valence-corrected chi connectivity index (χ2v) is 9.12. The summed E-state index contributed by atoms with van der Waals surface area (Å²) in [5.74, 6) is 0.378. The zero-order valence-electron chi connectivity index (χ0n) is 20.4. The van der Waals surface area contributed by atoms with Crippen LogP contribution in [0.5, 0.6) is 0 Å². The van der Waals surface area contributed by atoms with Crippen LogP contribution in [0.15, 0.2) is 60.7 Å². The Kier molecular flexibility index (Phi) is 7.51. The molecule has 0 aliphatic carbocycles. The first-order chi connectivity index (χ1) is 16.5. The Bertz CT molecular complexity index is 1130. The van der Waals surface area contributed by atoms with E-state index in [0.29, 0.717) is 18.1 Å². The van der Waals surface area contributed by atoms with Gasteiger partial charge < -0.3 is 14.2 Å². The smallest absolute Gasteiger partial charge is 0.340 e. The lowest BCUT2D eigenvalue weighted by Gasteiger charge is -2.32. The molecule has 2 heterocycles. The van der Waals surface area contributed by atoms with Crippen molar-refractivity contribution in [3.05, 3.63) is 83.0 Å². The second kappa shape index (κ2) is 10.7. The first-order valence-electron chi connectivity index (χ1n) is 12.2. The fraction of sp³-hybridized carbons (Fsp3) is 0.379. The molecule has 5 heteroatoms. The van der Waals surface area contributed by atoms with Gasteiger partial charge in [-0.3, -0.25) is 4.79 Å². The van der Waals surface area contributed by atoms with Gasteiger partial charge in [0, 0.05) is 18.8 Å². The number of hydrogen-bond acceptors (Lipinski definition) is 3. The quantitative estimate of drug-likeness (QED) is 0.444. The molecule has 1 amide bonds. The van der Waals surface area contributed by atoms with Crippen molar-refractivity contribution in [2.45, 2.75) is 46.6 Å². The average Bonchev–Trinajstić information content (AvgIpc) is 3.10. The Hall–Kier alpha value is -3.34. The number of hydrogen-bond donors (Lipinski definition) is 0. The third-order valence-corrected chi connectivity index (χ3v) is 6.92. The number of nitrogens with zero attached hydrogens (tertiary/aromatic N) is 2. The molecule has 34 heavy (non-hydrogen) atoms. The average molecular weight is 459 g/mol. The van der Waals surface area contributed by atoms with E-state index in [0.717, 1.165) is 54.9 Å². The molecule has 0 radical (unpaired) electrons. The van der Waals surface area contributed by atoms with Gasteiger partial charge in [0.05, 0.1) is 17.9 Å². The topological polar surface area (TPSA) is 51.5 Å². The summed E-state index contributed by atoms with van der Waals surface area (Å²) in [4.78, 5) is 28.1. The lowest BCUT2D eigenvalue weighted by molar-refractivity contribution is -0.133. The van der Waals surface area contributed by atoms with E-state index in [-0.39, 0.29) is 18.4 Å². The number of carbonyl (C=O) groups excluding carboxylic acids is 2. The Morgan fingerprint density at radius 2 is 1.56 bits per heavy atom. The fourth-order valence-corrected chi connectivity index (χ4v) is 5.13. The molecule has 0 bridgehead atoms. The molecule has 5 nitrogen and oxygen atoms in total. The molecule has 178 valence electrons. The van der Waals surface area contributed by atoms with Gasteiger partial charge in [0.1, 0.15) is 6.54 Å². The Labute approximate surface area is 202 Å². The zero-order valence-corrected chi connectivity index (χ0v) is 20.4. The van der Waals surface area contributed by atoms with Gasteiger partial charge >= 0.3 is 5.97 Å². The van der Waals surface area contributed by atoms with Gasteiger partial charge in [0.2, 0.25) is 5.91 Å². The van der Waals surface area contributed by atoms with Gasteiger partial charge in [-0.1, -0.05) is 60.7 Å². The maximum Gasteiger partial charge on any atom is 0.340 e. The predicted octanol–water partition coefficient (Wildman–Crippen LogP) is 5.43. The van der Waals surface area contributed by atoms with E-state index in [2.05, 4.69) is 24.3 Å². The van der Waals surface area contributed by atoms with Gasteiger partial charge in [-0.15, -0.1) is 0 Å². The molecule has 0 spiro atoms. The van der Waals surface area contributed by atoms with Gasteiger partial charge in [-0.05, 0) is 62.6 Å². The minimum atomic E-state index is -0.331. The Morgan fingerprint density at radius 1 is 0.941 bits per heavy atom. The third kappa shape index (κ3) is 5.09. The van der Waals surface area contributed by atoms with Crippen LogP contribution in [-0.2, 0) is 22.5 Å². The minimum absolute atomic E-state index is 0.101. The first-order valence-corrected chi connectivity index (χ1v) is 12.2. The molecule has 1 aliphatic rings. The molecule has 0 atom stereocenters. The molecule has 0 saturated carbocycles. The number of esters is 1. The van der Waals surface area contributed by atoms with Crippen LogP contribution in [0.2, 0.25) is 0 Å². The SMILES string of the molecule is CCOC(=O)c1c(C)c(-c2ccccc2)n(CC(=O)N2CCC(Cc3ccccc3)CC2)c1C. The number of piperidine rings is 1. The van der Waals surface area contributed by atoms with Crippen LogP contribution in [0.25, 0.3) is 11.3 Å². The monoisotopic (exact) mass is 458 g/mol. The lowest BCUT2D eigenvalue weighted by atomic mass is 9.90. The van der Waals surface area contributed by atoms with Crippen LogP contribution in [0.1, 0.15) is 46.9 Å². The highest BCUT2D eigenvalue weighted by atomic mass is 16.5. The van der Waals surface area contributed by atoms with Crippen LogP contribution in [-0.4, -0.2) is 41.0 Å². The zero-order chi connectivity index (χ0) is 24.1. The van der Waals surface area contributed by atoms with E-state index >= 15 is 0 Å². The summed E-state index contributed by atoms with van der Waals surface area (Å²) in [7, 11) is 0. The molecule has 1 aliphatic heterocycles. The Balaban J connectivity index is 1.52. The highest BCUT2D eigenvalue weighted by Gasteiger charge is 2.28. The number of benzene rings is 2. The Morgan fingerprint density at radius 3 is 2.18 bits per heavy atom. The normalized spacial score (nSPS) is 14.3.